The zero-order valence-electron chi connectivity index (χ0n) is 14.6. The first-order valence-electron chi connectivity index (χ1n) is 8.30. The Morgan fingerprint density at radius 1 is 1.04 bits per heavy atom. The molecule has 2 aliphatic carbocycles. The highest BCUT2D eigenvalue weighted by Crippen LogP contribution is 2.43. The standard InChI is InChI=1S/C20H16O7/c1-20(26)13(27-2)7-9-10(19(20)25)6-11-15(17(9)23)18(24)14-8(16(11)22)4-3-5-12(14)21/h3-6,13,21,23,26H,7H2,1-2H3/t13-,20-/m0/s1. The van der Waals surface area contributed by atoms with E-state index in [-0.39, 0.29) is 45.6 Å². The normalized spacial score (nSPS) is 23.7. The Morgan fingerprint density at radius 2 is 1.74 bits per heavy atom. The fourth-order valence-electron chi connectivity index (χ4n) is 3.88. The van der Waals surface area contributed by atoms with E-state index in [1.807, 2.05) is 0 Å². The molecule has 0 saturated heterocycles. The number of hydrogen-bond acceptors (Lipinski definition) is 7. The summed E-state index contributed by atoms with van der Waals surface area (Å²) in [4.78, 5) is 38.5. The molecule has 7 nitrogen and oxygen atoms in total. The second-order valence-corrected chi connectivity index (χ2v) is 6.94. The Hall–Kier alpha value is -3.03. The summed E-state index contributed by atoms with van der Waals surface area (Å²) in [6, 6.07) is 5.35. The summed E-state index contributed by atoms with van der Waals surface area (Å²) >= 11 is 0. The van der Waals surface area contributed by atoms with Crippen molar-refractivity contribution in [1.82, 2.24) is 0 Å². The molecule has 4 rings (SSSR count). The fourth-order valence-corrected chi connectivity index (χ4v) is 3.88. The molecule has 0 saturated carbocycles. The van der Waals surface area contributed by atoms with E-state index in [1.54, 1.807) is 0 Å². The lowest BCUT2D eigenvalue weighted by atomic mass is 9.73. The number of phenols is 2. The summed E-state index contributed by atoms with van der Waals surface area (Å²) < 4.78 is 5.18. The van der Waals surface area contributed by atoms with Crippen molar-refractivity contribution in [1.29, 1.82) is 0 Å². The van der Waals surface area contributed by atoms with Crippen molar-refractivity contribution in [2.45, 2.75) is 25.0 Å². The van der Waals surface area contributed by atoms with Crippen LogP contribution in [0.2, 0.25) is 0 Å². The zero-order chi connectivity index (χ0) is 19.7. The molecule has 3 N–H and O–H groups in total. The third-order valence-electron chi connectivity index (χ3n) is 5.40. The predicted molar refractivity (Wildman–Crippen MR) is 92.5 cm³/mol. The highest BCUT2D eigenvalue weighted by molar-refractivity contribution is 6.31. The van der Waals surface area contributed by atoms with E-state index in [4.69, 9.17) is 4.74 Å². The molecule has 27 heavy (non-hydrogen) atoms. The molecule has 0 radical (unpaired) electrons. The first-order chi connectivity index (χ1) is 12.7. The summed E-state index contributed by atoms with van der Waals surface area (Å²) in [7, 11) is 1.33. The van der Waals surface area contributed by atoms with Gasteiger partial charge in [-0.3, -0.25) is 14.4 Å². The van der Waals surface area contributed by atoms with Gasteiger partial charge < -0.3 is 20.1 Å². The number of ketones is 3. The summed E-state index contributed by atoms with van der Waals surface area (Å²) in [6.07, 6.45) is -0.935. The number of benzene rings is 2. The smallest absolute Gasteiger partial charge is 0.201 e. The molecular weight excluding hydrogens is 352 g/mol. The summed E-state index contributed by atoms with van der Waals surface area (Å²) in [5.74, 6) is -2.84. The molecule has 7 heteroatoms. The van der Waals surface area contributed by atoms with Crippen LogP contribution in [0.1, 0.15) is 54.7 Å². The van der Waals surface area contributed by atoms with Gasteiger partial charge in [0.05, 0.1) is 17.2 Å². The third-order valence-corrected chi connectivity index (χ3v) is 5.40. The number of Topliss-reactive ketones (excluding diaryl/α,β-unsaturated/α-hetero) is 1. The Balaban J connectivity index is 2.01. The van der Waals surface area contributed by atoms with Crippen LogP contribution in [0.15, 0.2) is 24.3 Å². The molecule has 138 valence electrons. The lowest BCUT2D eigenvalue weighted by Gasteiger charge is -2.36. The van der Waals surface area contributed by atoms with Crippen LogP contribution < -0.4 is 0 Å². The van der Waals surface area contributed by atoms with Gasteiger partial charge in [0.15, 0.2) is 17.2 Å². The van der Waals surface area contributed by atoms with Gasteiger partial charge in [-0.2, -0.15) is 0 Å². The molecule has 0 spiro atoms. The number of carbonyl (C=O) groups excluding carboxylic acids is 3. The Kier molecular flexibility index (Phi) is 3.53. The second-order valence-electron chi connectivity index (χ2n) is 6.94. The maximum absolute atomic E-state index is 12.9. The number of hydrogen-bond donors (Lipinski definition) is 3. The van der Waals surface area contributed by atoms with Crippen LogP contribution in [0, 0.1) is 0 Å². The van der Waals surface area contributed by atoms with Crippen LogP contribution in [0.25, 0.3) is 0 Å². The van der Waals surface area contributed by atoms with E-state index in [0.717, 1.165) is 0 Å². The van der Waals surface area contributed by atoms with E-state index < -0.39 is 34.8 Å². The van der Waals surface area contributed by atoms with Crippen molar-refractivity contribution in [2.75, 3.05) is 7.11 Å². The van der Waals surface area contributed by atoms with Crippen LogP contribution in [-0.2, 0) is 11.2 Å². The van der Waals surface area contributed by atoms with Gasteiger partial charge in [0.25, 0.3) is 0 Å². The van der Waals surface area contributed by atoms with Crippen molar-refractivity contribution in [3.63, 3.8) is 0 Å². The minimum absolute atomic E-state index is 0.00311. The molecule has 0 bridgehead atoms. The third kappa shape index (κ3) is 2.12. The van der Waals surface area contributed by atoms with Crippen molar-refractivity contribution in [2.24, 2.45) is 0 Å². The maximum atomic E-state index is 12.9. The number of ether oxygens (including phenoxy) is 1. The summed E-state index contributed by atoms with van der Waals surface area (Å²) in [5, 5.41) is 31.3. The quantitative estimate of drug-likeness (QED) is 0.593. The molecule has 0 fully saturated rings. The van der Waals surface area contributed by atoms with Crippen LogP contribution in [-0.4, -0.2) is 51.5 Å². The molecule has 0 aliphatic heterocycles. The Morgan fingerprint density at radius 3 is 2.41 bits per heavy atom. The fraction of sp³-hybridized carbons (Fsp3) is 0.250. The van der Waals surface area contributed by atoms with Crippen LogP contribution in [0.3, 0.4) is 0 Å². The Labute approximate surface area is 153 Å². The van der Waals surface area contributed by atoms with Gasteiger partial charge in [-0.05, 0) is 19.1 Å². The second kappa shape index (κ2) is 5.48. The SMILES string of the molecule is CO[C@H]1Cc2c(cc3c(c2O)C(=O)c2c(O)cccc2C3=O)C(=O)[C@@]1(C)O. The van der Waals surface area contributed by atoms with Gasteiger partial charge in [-0.1, -0.05) is 12.1 Å². The van der Waals surface area contributed by atoms with Gasteiger partial charge in [0.1, 0.15) is 11.5 Å². The molecule has 2 aromatic carbocycles. The summed E-state index contributed by atoms with van der Waals surface area (Å²) in [5.41, 5.74) is -2.28. The molecule has 0 unspecified atom stereocenters. The monoisotopic (exact) mass is 368 g/mol. The Bertz CT molecular complexity index is 1050. The van der Waals surface area contributed by atoms with Crippen LogP contribution >= 0.6 is 0 Å². The average molecular weight is 368 g/mol. The van der Waals surface area contributed by atoms with E-state index in [0.29, 0.717) is 0 Å². The highest BCUT2D eigenvalue weighted by atomic mass is 16.5. The minimum Gasteiger partial charge on any atom is -0.507 e. The lowest BCUT2D eigenvalue weighted by Crippen LogP contribution is -2.52. The molecule has 0 heterocycles. The van der Waals surface area contributed by atoms with E-state index in [1.165, 1.54) is 38.3 Å². The van der Waals surface area contributed by atoms with E-state index in [9.17, 15) is 29.7 Å². The van der Waals surface area contributed by atoms with E-state index in [2.05, 4.69) is 0 Å². The number of phenolic OH excluding ortho intramolecular Hbond substituents is 2. The van der Waals surface area contributed by atoms with Crippen molar-refractivity contribution in [3.8, 4) is 11.5 Å². The van der Waals surface area contributed by atoms with Crippen LogP contribution in [0.4, 0.5) is 0 Å². The average Bonchev–Trinajstić information content (AvgIpc) is 2.62. The van der Waals surface area contributed by atoms with Crippen molar-refractivity contribution < 1.29 is 34.4 Å². The highest BCUT2D eigenvalue weighted by Gasteiger charge is 2.48. The maximum Gasteiger partial charge on any atom is 0.201 e. The van der Waals surface area contributed by atoms with Crippen molar-refractivity contribution in [3.05, 3.63) is 57.6 Å². The predicted octanol–water partition coefficient (Wildman–Crippen LogP) is 1.38. The topological polar surface area (TPSA) is 121 Å². The number of aromatic hydroxyl groups is 2. The molecule has 0 amide bonds. The minimum atomic E-state index is -1.83. The number of methoxy groups -OCH3 is 1. The number of rotatable bonds is 1. The first kappa shape index (κ1) is 17.4. The molecular formula is C20H16O7. The summed E-state index contributed by atoms with van der Waals surface area (Å²) in [6.45, 7) is 1.31. The van der Waals surface area contributed by atoms with E-state index >= 15 is 0 Å². The van der Waals surface area contributed by atoms with Gasteiger partial charge in [-0.15, -0.1) is 0 Å². The molecule has 0 aromatic heterocycles. The molecule has 2 atom stereocenters. The van der Waals surface area contributed by atoms with Gasteiger partial charge in [0, 0.05) is 35.8 Å². The van der Waals surface area contributed by atoms with Gasteiger partial charge >= 0.3 is 0 Å². The van der Waals surface area contributed by atoms with Gasteiger partial charge in [-0.25, -0.2) is 0 Å². The van der Waals surface area contributed by atoms with Gasteiger partial charge in [0.2, 0.25) is 5.78 Å². The molecule has 2 aromatic rings. The van der Waals surface area contributed by atoms with Crippen molar-refractivity contribution >= 4 is 17.3 Å². The lowest BCUT2D eigenvalue weighted by molar-refractivity contribution is -0.0625. The first-order valence-corrected chi connectivity index (χ1v) is 8.30. The number of fused-ring (bicyclic) bond motifs is 3. The largest absolute Gasteiger partial charge is 0.507 e. The van der Waals surface area contributed by atoms with Crippen LogP contribution in [0.5, 0.6) is 11.5 Å². The zero-order valence-corrected chi connectivity index (χ0v) is 14.6. The molecule has 2 aliphatic rings. The number of aliphatic hydroxyl groups is 1. The number of carbonyl (C=O) groups is 3.